The summed E-state index contributed by atoms with van der Waals surface area (Å²) in [6, 6.07) is 10.1. The zero-order valence-corrected chi connectivity index (χ0v) is 14.9. The topological polar surface area (TPSA) is 75.4 Å². The number of nitrogens with one attached hydrogen (secondary N) is 1. The van der Waals surface area contributed by atoms with E-state index in [0.717, 1.165) is 0 Å². The average Bonchev–Trinajstić information content (AvgIpc) is 3.25. The number of amides is 2. The molecule has 0 fully saturated rings. The van der Waals surface area contributed by atoms with E-state index in [2.05, 4.69) is 26.2 Å². The second-order valence-electron chi connectivity index (χ2n) is 4.78. The van der Waals surface area contributed by atoms with Crippen molar-refractivity contribution in [2.75, 3.05) is 17.3 Å². The summed E-state index contributed by atoms with van der Waals surface area (Å²) >= 11 is 4.49. The highest BCUT2D eigenvalue weighted by molar-refractivity contribution is 9.10. The second-order valence-corrected chi connectivity index (χ2v) is 6.45. The molecule has 3 aromatic rings. The highest BCUT2D eigenvalue weighted by Crippen LogP contribution is 2.24. The van der Waals surface area contributed by atoms with Crippen LogP contribution in [0.2, 0.25) is 0 Å². The number of hydrogen-bond donors (Lipinski definition) is 1. The van der Waals surface area contributed by atoms with E-state index in [-0.39, 0.29) is 17.6 Å². The van der Waals surface area contributed by atoms with E-state index in [1.807, 2.05) is 0 Å². The fourth-order valence-corrected chi connectivity index (χ4v) is 2.94. The van der Waals surface area contributed by atoms with Gasteiger partial charge in [-0.3, -0.25) is 14.9 Å². The number of nitrogens with zero attached hydrogens (tertiary/aromatic N) is 2. The third kappa shape index (κ3) is 3.39. The SMILES string of the molecule is CN(C(=O)c1ccc(Br)o1)c1ccccc1C(=O)Nc1nccs1. The van der Waals surface area contributed by atoms with Crippen LogP contribution in [0.3, 0.4) is 0 Å². The fourth-order valence-electron chi connectivity index (χ4n) is 2.11. The van der Waals surface area contributed by atoms with E-state index in [0.29, 0.717) is 21.1 Å². The third-order valence-electron chi connectivity index (χ3n) is 3.25. The van der Waals surface area contributed by atoms with Crippen LogP contribution in [0.1, 0.15) is 20.9 Å². The van der Waals surface area contributed by atoms with Gasteiger partial charge in [0.1, 0.15) is 0 Å². The molecule has 6 nitrogen and oxygen atoms in total. The standard InChI is InChI=1S/C16H12BrN3O3S/c1-20(15(22)12-6-7-13(17)23-12)11-5-3-2-4-10(11)14(21)19-16-18-8-9-24-16/h2-9H,1H3,(H,18,19,21). The van der Waals surface area contributed by atoms with Crippen molar-refractivity contribution in [3.63, 3.8) is 0 Å². The Bertz CT molecular complexity index is 876. The number of rotatable bonds is 4. The van der Waals surface area contributed by atoms with Crippen LogP contribution in [0.4, 0.5) is 10.8 Å². The molecular formula is C16H12BrN3O3S. The van der Waals surface area contributed by atoms with Gasteiger partial charge >= 0.3 is 0 Å². The zero-order valence-electron chi connectivity index (χ0n) is 12.5. The van der Waals surface area contributed by atoms with Crippen molar-refractivity contribution in [3.8, 4) is 0 Å². The molecule has 2 aromatic heterocycles. The van der Waals surface area contributed by atoms with Gasteiger partial charge in [0.05, 0.1) is 11.3 Å². The van der Waals surface area contributed by atoms with Crippen LogP contribution >= 0.6 is 27.3 Å². The Hall–Kier alpha value is -2.45. The van der Waals surface area contributed by atoms with Gasteiger partial charge in [0.15, 0.2) is 15.6 Å². The van der Waals surface area contributed by atoms with Crippen LogP contribution < -0.4 is 10.2 Å². The first-order valence-electron chi connectivity index (χ1n) is 6.89. The minimum absolute atomic E-state index is 0.180. The number of thiazole rings is 1. The Balaban J connectivity index is 1.88. The summed E-state index contributed by atoms with van der Waals surface area (Å²) in [6.07, 6.45) is 1.61. The van der Waals surface area contributed by atoms with Crippen molar-refractivity contribution in [1.82, 2.24) is 4.98 Å². The van der Waals surface area contributed by atoms with E-state index in [1.54, 1.807) is 55.0 Å². The van der Waals surface area contributed by atoms with Crippen molar-refractivity contribution in [2.24, 2.45) is 0 Å². The molecule has 0 aliphatic rings. The monoisotopic (exact) mass is 405 g/mol. The molecule has 1 N–H and O–H groups in total. The second kappa shape index (κ2) is 6.98. The molecule has 0 spiro atoms. The number of para-hydroxylation sites is 1. The first-order chi connectivity index (χ1) is 11.6. The molecular weight excluding hydrogens is 394 g/mol. The summed E-state index contributed by atoms with van der Waals surface area (Å²) in [4.78, 5) is 30.4. The Morgan fingerprint density at radius 2 is 2.04 bits per heavy atom. The number of aromatic nitrogens is 1. The van der Waals surface area contributed by atoms with Crippen molar-refractivity contribution >= 4 is 49.9 Å². The zero-order chi connectivity index (χ0) is 17.1. The van der Waals surface area contributed by atoms with Crippen LogP contribution in [0.5, 0.6) is 0 Å². The first kappa shape index (κ1) is 16.4. The number of carbonyl (C=O) groups excluding carboxylic acids is 2. The predicted molar refractivity (Wildman–Crippen MR) is 95.7 cm³/mol. The van der Waals surface area contributed by atoms with Crippen molar-refractivity contribution in [1.29, 1.82) is 0 Å². The van der Waals surface area contributed by atoms with Crippen molar-refractivity contribution < 1.29 is 14.0 Å². The van der Waals surface area contributed by atoms with Gasteiger partial charge in [-0.15, -0.1) is 11.3 Å². The molecule has 0 saturated carbocycles. The number of hydrogen-bond acceptors (Lipinski definition) is 5. The summed E-state index contributed by atoms with van der Waals surface area (Å²) in [5.74, 6) is -0.504. The summed E-state index contributed by atoms with van der Waals surface area (Å²) in [5.41, 5.74) is 0.846. The summed E-state index contributed by atoms with van der Waals surface area (Å²) in [5, 5.41) is 4.98. The molecule has 0 aliphatic carbocycles. The van der Waals surface area contributed by atoms with Gasteiger partial charge < -0.3 is 9.32 Å². The number of anilines is 2. The maximum atomic E-state index is 12.5. The summed E-state index contributed by atoms with van der Waals surface area (Å²) < 4.78 is 5.76. The molecule has 0 atom stereocenters. The van der Waals surface area contributed by atoms with Gasteiger partial charge in [-0.05, 0) is 40.2 Å². The summed E-state index contributed by atoms with van der Waals surface area (Å²) in [7, 11) is 1.59. The van der Waals surface area contributed by atoms with E-state index in [4.69, 9.17) is 4.42 Å². The molecule has 3 rings (SSSR count). The molecule has 0 aliphatic heterocycles. The molecule has 122 valence electrons. The van der Waals surface area contributed by atoms with Gasteiger partial charge in [0, 0.05) is 18.6 Å². The van der Waals surface area contributed by atoms with Gasteiger partial charge in [-0.25, -0.2) is 4.98 Å². The predicted octanol–water partition coefficient (Wildman–Crippen LogP) is 4.03. The number of carbonyl (C=O) groups is 2. The largest absolute Gasteiger partial charge is 0.444 e. The normalized spacial score (nSPS) is 10.4. The van der Waals surface area contributed by atoms with Gasteiger partial charge in [-0.2, -0.15) is 0 Å². The van der Waals surface area contributed by atoms with E-state index in [9.17, 15) is 9.59 Å². The highest BCUT2D eigenvalue weighted by Gasteiger charge is 2.22. The van der Waals surface area contributed by atoms with Crippen LogP contribution in [-0.4, -0.2) is 23.8 Å². The van der Waals surface area contributed by atoms with Crippen molar-refractivity contribution in [3.05, 3.63) is 64.0 Å². The van der Waals surface area contributed by atoms with Gasteiger partial charge in [-0.1, -0.05) is 12.1 Å². The first-order valence-corrected chi connectivity index (χ1v) is 8.57. The van der Waals surface area contributed by atoms with Crippen LogP contribution in [0.25, 0.3) is 0 Å². The molecule has 8 heteroatoms. The van der Waals surface area contributed by atoms with E-state index in [1.165, 1.54) is 16.2 Å². The average molecular weight is 406 g/mol. The number of halogens is 1. The van der Waals surface area contributed by atoms with E-state index < -0.39 is 0 Å². The minimum atomic E-state index is -0.352. The molecule has 2 heterocycles. The summed E-state index contributed by atoms with van der Waals surface area (Å²) in [6.45, 7) is 0. The molecule has 0 bridgehead atoms. The molecule has 2 amide bonds. The molecule has 1 aromatic carbocycles. The lowest BCUT2D eigenvalue weighted by Gasteiger charge is -2.19. The molecule has 0 saturated heterocycles. The van der Waals surface area contributed by atoms with Crippen LogP contribution in [0.15, 0.2) is 57.1 Å². The lowest BCUT2D eigenvalue weighted by molar-refractivity contribution is 0.0965. The molecule has 24 heavy (non-hydrogen) atoms. The van der Waals surface area contributed by atoms with Crippen LogP contribution in [0, 0.1) is 0 Å². The Kier molecular flexibility index (Phi) is 4.77. The maximum Gasteiger partial charge on any atom is 0.293 e. The number of benzene rings is 1. The van der Waals surface area contributed by atoms with E-state index >= 15 is 0 Å². The third-order valence-corrected chi connectivity index (χ3v) is 4.37. The van der Waals surface area contributed by atoms with Crippen LogP contribution in [-0.2, 0) is 0 Å². The Morgan fingerprint density at radius 3 is 2.71 bits per heavy atom. The molecule has 0 unspecified atom stereocenters. The highest BCUT2D eigenvalue weighted by atomic mass is 79.9. The quantitative estimate of drug-likeness (QED) is 0.710. The van der Waals surface area contributed by atoms with Crippen molar-refractivity contribution in [2.45, 2.75) is 0 Å². The Morgan fingerprint density at radius 1 is 1.25 bits per heavy atom. The van der Waals surface area contributed by atoms with Gasteiger partial charge in [0.2, 0.25) is 0 Å². The fraction of sp³-hybridized carbons (Fsp3) is 0.0625. The maximum absolute atomic E-state index is 12.5. The Labute approximate surface area is 150 Å². The number of furan rings is 1. The lowest BCUT2D eigenvalue weighted by atomic mass is 10.1. The smallest absolute Gasteiger partial charge is 0.293 e. The van der Waals surface area contributed by atoms with Gasteiger partial charge in [0.25, 0.3) is 11.8 Å². The minimum Gasteiger partial charge on any atom is -0.444 e. The lowest BCUT2D eigenvalue weighted by Crippen LogP contribution is -2.28. The molecule has 0 radical (unpaired) electrons.